The van der Waals surface area contributed by atoms with Crippen molar-refractivity contribution in [3.05, 3.63) is 34.8 Å². The van der Waals surface area contributed by atoms with Gasteiger partial charge in [-0.1, -0.05) is 0 Å². The van der Waals surface area contributed by atoms with Crippen molar-refractivity contribution in [1.82, 2.24) is 15.1 Å². The minimum absolute atomic E-state index is 0.133. The van der Waals surface area contributed by atoms with E-state index >= 15 is 0 Å². The van der Waals surface area contributed by atoms with Crippen LogP contribution in [0.3, 0.4) is 0 Å². The molecular formula is C14H20N4O2S. The summed E-state index contributed by atoms with van der Waals surface area (Å²) in [5.41, 5.74) is 0.330. The van der Waals surface area contributed by atoms with Crippen LogP contribution in [0, 0.1) is 0 Å². The maximum absolute atomic E-state index is 11.8. The van der Waals surface area contributed by atoms with Crippen molar-refractivity contribution in [1.29, 1.82) is 0 Å². The van der Waals surface area contributed by atoms with E-state index in [0.29, 0.717) is 5.69 Å². The molecule has 0 saturated heterocycles. The Morgan fingerprint density at radius 2 is 2.33 bits per heavy atom. The standard InChI is InChI=1S/C14H20N4O2S/c1-10(2)18-7-12(6-16-18)17-13(19)15-9-14(3,20)11-4-5-21-8-11/h4-8,10,20H,9H2,1-3H3,(H2,15,17,19)/t14-/m1/s1. The Kier molecular flexibility index (Phi) is 4.64. The minimum Gasteiger partial charge on any atom is -0.384 e. The second-order valence-corrected chi connectivity index (χ2v) is 6.18. The molecule has 114 valence electrons. The number of aromatic nitrogens is 2. The molecule has 2 aromatic heterocycles. The molecule has 0 aromatic carbocycles. The predicted molar refractivity (Wildman–Crippen MR) is 83.5 cm³/mol. The van der Waals surface area contributed by atoms with Gasteiger partial charge in [0.05, 0.1) is 18.4 Å². The van der Waals surface area contributed by atoms with Crippen LogP contribution in [0.4, 0.5) is 10.5 Å². The number of aliphatic hydroxyl groups is 1. The summed E-state index contributed by atoms with van der Waals surface area (Å²) in [5, 5.41) is 23.6. The first-order valence-corrected chi connectivity index (χ1v) is 7.67. The van der Waals surface area contributed by atoms with E-state index < -0.39 is 5.60 Å². The van der Waals surface area contributed by atoms with Gasteiger partial charge in [0, 0.05) is 12.2 Å². The summed E-state index contributed by atoms with van der Waals surface area (Å²) in [6.45, 7) is 5.82. The van der Waals surface area contributed by atoms with Crippen LogP contribution in [0.1, 0.15) is 32.4 Å². The fourth-order valence-corrected chi connectivity index (χ4v) is 2.57. The summed E-state index contributed by atoms with van der Waals surface area (Å²) < 4.78 is 1.76. The Bertz CT molecular complexity index is 590. The van der Waals surface area contributed by atoms with Crippen molar-refractivity contribution in [2.75, 3.05) is 11.9 Å². The highest BCUT2D eigenvalue weighted by molar-refractivity contribution is 7.08. The molecule has 2 heterocycles. The monoisotopic (exact) mass is 308 g/mol. The van der Waals surface area contributed by atoms with Crippen molar-refractivity contribution >= 4 is 23.1 Å². The Morgan fingerprint density at radius 3 is 2.90 bits per heavy atom. The summed E-state index contributed by atoms with van der Waals surface area (Å²) in [6, 6.07) is 1.72. The van der Waals surface area contributed by atoms with Crippen molar-refractivity contribution < 1.29 is 9.90 Å². The van der Waals surface area contributed by atoms with Gasteiger partial charge in [-0.15, -0.1) is 0 Å². The van der Waals surface area contributed by atoms with E-state index in [0.717, 1.165) is 5.56 Å². The van der Waals surface area contributed by atoms with E-state index in [9.17, 15) is 9.90 Å². The Labute approximate surface area is 127 Å². The first-order chi connectivity index (χ1) is 9.88. The summed E-state index contributed by atoms with van der Waals surface area (Å²) >= 11 is 1.51. The van der Waals surface area contributed by atoms with Crippen LogP contribution >= 0.6 is 11.3 Å². The number of rotatable bonds is 5. The van der Waals surface area contributed by atoms with E-state index in [-0.39, 0.29) is 18.6 Å². The molecule has 0 spiro atoms. The molecule has 0 fully saturated rings. The molecule has 2 rings (SSSR count). The highest BCUT2D eigenvalue weighted by Gasteiger charge is 2.24. The van der Waals surface area contributed by atoms with E-state index in [1.165, 1.54) is 11.3 Å². The second kappa shape index (κ2) is 6.28. The van der Waals surface area contributed by atoms with Gasteiger partial charge in [-0.2, -0.15) is 16.4 Å². The highest BCUT2D eigenvalue weighted by Crippen LogP contribution is 2.22. The van der Waals surface area contributed by atoms with Gasteiger partial charge in [-0.3, -0.25) is 4.68 Å². The maximum Gasteiger partial charge on any atom is 0.319 e. The average molecular weight is 308 g/mol. The molecule has 2 aromatic rings. The lowest BCUT2D eigenvalue weighted by Crippen LogP contribution is -2.40. The van der Waals surface area contributed by atoms with Gasteiger partial charge in [-0.25, -0.2) is 4.79 Å². The number of urea groups is 1. The predicted octanol–water partition coefficient (Wildman–Crippen LogP) is 2.55. The average Bonchev–Trinajstić information content (AvgIpc) is 3.07. The van der Waals surface area contributed by atoms with Crippen LogP contribution < -0.4 is 10.6 Å². The van der Waals surface area contributed by atoms with Crippen LogP contribution in [-0.2, 0) is 5.60 Å². The van der Waals surface area contributed by atoms with Gasteiger partial charge < -0.3 is 15.7 Å². The molecule has 0 aliphatic carbocycles. The molecule has 0 saturated carbocycles. The first kappa shape index (κ1) is 15.5. The fourth-order valence-electron chi connectivity index (χ4n) is 1.79. The molecule has 21 heavy (non-hydrogen) atoms. The number of carbonyl (C=O) groups is 1. The van der Waals surface area contributed by atoms with E-state index in [1.807, 2.05) is 30.7 Å². The second-order valence-electron chi connectivity index (χ2n) is 5.40. The van der Waals surface area contributed by atoms with Gasteiger partial charge in [0.2, 0.25) is 0 Å². The van der Waals surface area contributed by atoms with Crippen molar-refractivity contribution in [3.63, 3.8) is 0 Å². The Balaban J connectivity index is 1.87. The lowest BCUT2D eigenvalue weighted by Gasteiger charge is -2.22. The van der Waals surface area contributed by atoms with Gasteiger partial charge >= 0.3 is 6.03 Å². The number of hydrogen-bond donors (Lipinski definition) is 3. The smallest absolute Gasteiger partial charge is 0.319 e. The van der Waals surface area contributed by atoms with Crippen LogP contribution in [0.25, 0.3) is 0 Å². The van der Waals surface area contributed by atoms with Crippen molar-refractivity contribution in [2.24, 2.45) is 0 Å². The molecule has 1 atom stereocenters. The minimum atomic E-state index is -1.08. The van der Waals surface area contributed by atoms with Gasteiger partial charge in [0.15, 0.2) is 0 Å². The molecule has 2 amide bonds. The van der Waals surface area contributed by atoms with Crippen LogP contribution in [-0.4, -0.2) is 27.5 Å². The first-order valence-electron chi connectivity index (χ1n) is 6.72. The van der Waals surface area contributed by atoms with E-state index in [1.54, 1.807) is 24.0 Å². The summed E-state index contributed by atoms with van der Waals surface area (Å²) in [4.78, 5) is 11.8. The van der Waals surface area contributed by atoms with Gasteiger partial charge in [0.1, 0.15) is 5.60 Å². The van der Waals surface area contributed by atoms with E-state index in [2.05, 4.69) is 15.7 Å². The lowest BCUT2D eigenvalue weighted by atomic mass is 9.99. The summed E-state index contributed by atoms with van der Waals surface area (Å²) in [6.07, 6.45) is 3.36. The van der Waals surface area contributed by atoms with Crippen LogP contribution in [0.5, 0.6) is 0 Å². The number of nitrogens with zero attached hydrogens (tertiary/aromatic N) is 2. The molecule has 6 nitrogen and oxygen atoms in total. The number of anilines is 1. The lowest BCUT2D eigenvalue weighted by molar-refractivity contribution is 0.0604. The fraction of sp³-hybridized carbons (Fsp3) is 0.429. The zero-order chi connectivity index (χ0) is 15.5. The third-order valence-electron chi connectivity index (χ3n) is 3.12. The van der Waals surface area contributed by atoms with Crippen molar-refractivity contribution in [2.45, 2.75) is 32.4 Å². The highest BCUT2D eigenvalue weighted by atomic mass is 32.1. The number of thiophene rings is 1. The number of amides is 2. The number of nitrogens with one attached hydrogen (secondary N) is 2. The molecule has 3 N–H and O–H groups in total. The normalized spacial score (nSPS) is 14.0. The Morgan fingerprint density at radius 1 is 1.57 bits per heavy atom. The Hall–Kier alpha value is -1.86. The molecule has 0 radical (unpaired) electrons. The zero-order valence-electron chi connectivity index (χ0n) is 12.3. The van der Waals surface area contributed by atoms with Gasteiger partial charge in [-0.05, 0) is 43.2 Å². The number of carbonyl (C=O) groups excluding carboxylic acids is 1. The number of hydrogen-bond acceptors (Lipinski definition) is 4. The molecule has 0 unspecified atom stereocenters. The topological polar surface area (TPSA) is 79.2 Å². The SMILES string of the molecule is CC(C)n1cc(NC(=O)NC[C@@](C)(O)c2ccsc2)cn1. The van der Waals surface area contributed by atoms with Crippen LogP contribution in [0.15, 0.2) is 29.2 Å². The third kappa shape index (κ3) is 4.05. The molecule has 0 aliphatic heterocycles. The summed E-state index contributed by atoms with van der Waals surface area (Å²) in [7, 11) is 0. The third-order valence-corrected chi connectivity index (χ3v) is 3.81. The molecule has 0 bridgehead atoms. The van der Waals surface area contributed by atoms with Gasteiger partial charge in [0.25, 0.3) is 0 Å². The molecule has 0 aliphatic rings. The maximum atomic E-state index is 11.8. The largest absolute Gasteiger partial charge is 0.384 e. The molecular weight excluding hydrogens is 288 g/mol. The zero-order valence-corrected chi connectivity index (χ0v) is 13.1. The van der Waals surface area contributed by atoms with Crippen molar-refractivity contribution in [3.8, 4) is 0 Å². The quantitative estimate of drug-likeness (QED) is 0.794. The summed E-state index contributed by atoms with van der Waals surface area (Å²) in [5.74, 6) is 0. The van der Waals surface area contributed by atoms with E-state index in [4.69, 9.17) is 0 Å². The van der Waals surface area contributed by atoms with Crippen LogP contribution in [0.2, 0.25) is 0 Å². The molecule has 7 heteroatoms.